The highest BCUT2D eigenvalue weighted by Crippen LogP contribution is 2.42. The van der Waals surface area contributed by atoms with Gasteiger partial charge in [-0.15, -0.1) is 0 Å². The maximum absolute atomic E-state index is 13.6. The van der Waals surface area contributed by atoms with Crippen LogP contribution in [-0.4, -0.2) is 26.8 Å². The molecule has 1 aliphatic rings. The number of aliphatic hydroxyl groups is 1. The number of H-pyrrole nitrogens is 1. The number of ketones is 1. The Morgan fingerprint density at radius 3 is 2.33 bits per heavy atom. The molecule has 5 aromatic rings. The normalized spacial score (nSPS) is 17.4. The van der Waals surface area contributed by atoms with Gasteiger partial charge in [-0.2, -0.15) is 0 Å². The fourth-order valence-electron chi connectivity index (χ4n) is 5.25. The lowest BCUT2D eigenvalue weighted by atomic mass is 9.85. The van der Waals surface area contributed by atoms with E-state index < -0.39 is 17.7 Å². The Hall–Kier alpha value is -4.71. The number of hydrogen-bond donors (Lipinski definition) is 2. The lowest BCUT2D eigenvalue weighted by Gasteiger charge is -2.25. The fraction of sp³-hybridized carbons (Fsp3) is 0.182. The third-order valence-electron chi connectivity index (χ3n) is 7.41. The minimum Gasteiger partial charge on any atom is -0.507 e. The number of anilines is 1. The van der Waals surface area contributed by atoms with Crippen LogP contribution in [0.5, 0.6) is 0 Å². The summed E-state index contributed by atoms with van der Waals surface area (Å²) in [5, 5.41) is 13.5. The number of carbonyl (C=O) groups excluding carboxylic acids is 2. The number of nitrogens with zero attached hydrogens (tertiary/aromatic N) is 2. The van der Waals surface area contributed by atoms with Gasteiger partial charge in [0, 0.05) is 5.56 Å². The van der Waals surface area contributed by atoms with Gasteiger partial charge in [-0.3, -0.25) is 14.5 Å². The molecule has 4 aromatic carbocycles. The molecule has 0 saturated carbocycles. The number of aliphatic hydroxyl groups excluding tert-OH is 1. The van der Waals surface area contributed by atoms with E-state index in [1.807, 2.05) is 85.8 Å². The van der Waals surface area contributed by atoms with E-state index in [2.05, 4.69) is 30.7 Å². The van der Waals surface area contributed by atoms with Crippen LogP contribution in [0.3, 0.4) is 0 Å². The van der Waals surface area contributed by atoms with E-state index in [9.17, 15) is 14.7 Å². The molecule has 2 heterocycles. The van der Waals surface area contributed by atoms with Gasteiger partial charge in [-0.25, -0.2) is 4.98 Å². The zero-order valence-electron chi connectivity index (χ0n) is 22.3. The van der Waals surface area contributed by atoms with Gasteiger partial charge >= 0.3 is 5.91 Å². The van der Waals surface area contributed by atoms with Crippen LogP contribution in [0.15, 0.2) is 90.5 Å². The van der Waals surface area contributed by atoms with Gasteiger partial charge in [-0.05, 0) is 58.0 Å². The second kappa shape index (κ2) is 8.95. The first-order valence-electron chi connectivity index (χ1n) is 13.0. The summed E-state index contributed by atoms with van der Waals surface area (Å²) in [4.78, 5) is 36.4. The Morgan fingerprint density at radius 1 is 0.897 bits per heavy atom. The van der Waals surface area contributed by atoms with Gasteiger partial charge in [0.15, 0.2) is 0 Å². The zero-order chi connectivity index (χ0) is 27.5. The van der Waals surface area contributed by atoms with Gasteiger partial charge in [0.2, 0.25) is 5.95 Å². The first-order valence-corrected chi connectivity index (χ1v) is 13.0. The molecule has 0 radical (unpaired) electrons. The molecule has 194 valence electrons. The van der Waals surface area contributed by atoms with Crippen molar-refractivity contribution in [2.24, 2.45) is 0 Å². The number of aryl methyl sites for hydroxylation is 1. The molecule has 1 unspecified atom stereocenters. The number of carbonyl (C=O) groups is 2. The number of aromatic nitrogens is 2. The van der Waals surface area contributed by atoms with Crippen LogP contribution in [0.1, 0.15) is 49.1 Å². The molecular weight excluding hydrogens is 486 g/mol. The van der Waals surface area contributed by atoms with Crippen LogP contribution in [0.4, 0.5) is 5.95 Å². The Balaban J connectivity index is 1.56. The second-order valence-electron chi connectivity index (χ2n) is 11.2. The van der Waals surface area contributed by atoms with Gasteiger partial charge < -0.3 is 10.1 Å². The average molecular weight is 516 g/mol. The van der Waals surface area contributed by atoms with E-state index in [1.54, 1.807) is 6.07 Å². The van der Waals surface area contributed by atoms with Crippen LogP contribution in [0, 0.1) is 6.92 Å². The highest BCUT2D eigenvalue weighted by Gasteiger charge is 2.48. The average Bonchev–Trinajstić information content (AvgIpc) is 3.45. The van der Waals surface area contributed by atoms with Crippen LogP contribution >= 0.6 is 0 Å². The number of Topliss-reactive ketones (excluding diaryl/α,β-unsaturated/α-hetero) is 1. The SMILES string of the molecule is Cc1ccc2nc(N3C(=O)C(=O)/C(=C(/O)c4ccc5ccccc5c4)C3c3ccc(C(C)(C)C)cc3)[nH]c2c1. The Labute approximate surface area is 226 Å². The molecule has 0 aliphatic carbocycles. The third kappa shape index (κ3) is 4.18. The maximum atomic E-state index is 13.6. The number of rotatable bonds is 3. The molecule has 1 atom stereocenters. The van der Waals surface area contributed by atoms with Crippen molar-refractivity contribution >= 4 is 45.2 Å². The van der Waals surface area contributed by atoms with E-state index in [0.717, 1.165) is 27.4 Å². The van der Waals surface area contributed by atoms with Crippen LogP contribution < -0.4 is 4.90 Å². The zero-order valence-corrected chi connectivity index (χ0v) is 22.3. The maximum Gasteiger partial charge on any atom is 0.302 e. The van der Waals surface area contributed by atoms with Gasteiger partial charge in [0.05, 0.1) is 22.6 Å². The number of fused-ring (bicyclic) bond motifs is 2. The van der Waals surface area contributed by atoms with Crippen molar-refractivity contribution < 1.29 is 14.7 Å². The molecule has 6 rings (SSSR count). The number of amides is 1. The van der Waals surface area contributed by atoms with Gasteiger partial charge in [0.1, 0.15) is 5.76 Å². The number of benzene rings is 4. The summed E-state index contributed by atoms with van der Waals surface area (Å²) in [6.45, 7) is 8.37. The third-order valence-corrected chi connectivity index (χ3v) is 7.41. The molecule has 1 saturated heterocycles. The summed E-state index contributed by atoms with van der Waals surface area (Å²) in [6.07, 6.45) is 0. The van der Waals surface area contributed by atoms with Gasteiger partial charge in [-0.1, -0.05) is 87.5 Å². The minimum absolute atomic E-state index is 0.0374. The van der Waals surface area contributed by atoms with Crippen LogP contribution in [-0.2, 0) is 15.0 Å². The standard InChI is InChI=1S/C33H29N3O3/c1-19-9-16-25-26(17-19)35-32(34-25)36-28(21-12-14-24(15-13-21)33(2,3)4)27(30(38)31(36)39)29(37)23-11-10-20-7-5-6-8-22(20)18-23/h5-18,28,37H,1-4H3,(H,34,35)/b29-27+. The van der Waals surface area contributed by atoms with E-state index in [4.69, 9.17) is 0 Å². The first-order chi connectivity index (χ1) is 18.6. The Bertz CT molecular complexity index is 1810. The summed E-state index contributed by atoms with van der Waals surface area (Å²) in [7, 11) is 0. The fourth-order valence-corrected chi connectivity index (χ4v) is 5.25. The van der Waals surface area contributed by atoms with Crippen molar-refractivity contribution in [1.82, 2.24) is 9.97 Å². The van der Waals surface area contributed by atoms with Crippen LogP contribution in [0.2, 0.25) is 0 Å². The molecule has 2 N–H and O–H groups in total. The Kier molecular flexibility index (Phi) is 5.65. The summed E-state index contributed by atoms with van der Waals surface area (Å²) in [6, 6.07) is 26.1. The van der Waals surface area contributed by atoms with Gasteiger partial charge in [0.25, 0.3) is 5.78 Å². The molecular formula is C33H29N3O3. The van der Waals surface area contributed by atoms with Crippen molar-refractivity contribution in [2.75, 3.05) is 4.90 Å². The molecule has 39 heavy (non-hydrogen) atoms. The minimum atomic E-state index is -0.854. The van der Waals surface area contributed by atoms with E-state index in [-0.39, 0.29) is 22.7 Å². The monoisotopic (exact) mass is 515 g/mol. The molecule has 1 fully saturated rings. The molecule has 6 heteroatoms. The quantitative estimate of drug-likeness (QED) is 0.155. The van der Waals surface area contributed by atoms with Crippen LogP contribution in [0.25, 0.3) is 27.6 Å². The van der Waals surface area contributed by atoms with Crippen molar-refractivity contribution in [1.29, 1.82) is 0 Å². The number of aromatic amines is 1. The number of imidazole rings is 1. The summed E-state index contributed by atoms with van der Waals surface area (Å²) in [5.74, 6) is -1.43. The smallest absolute Gasteiger partial charge is 0.302 e. The van der Waals surface area contributed by atoms with Crippen molar-refractivity contribution in [3.8, 4) is 0 Å². The first kappa shape index (κ1) is 24.6. The highest BCUT2D eigenvalue weighted by atomic mass is 16.3. The summed E-state index contributed by atoms with van der Waals surface area (Å²) < 4.78 is 0. The molecule has 1 amide bonds. The second-order valence-corrected chi connectivity index (χ2v) is 11.2. The predicted octanol–water partition coefficient (Wildman–Crippen LogP) is 6.95. The number of hydrogen-bond acceptors (Lipinski definition) is 4. The topological polar surface area (TPSA) is 86.3 Å². The lowest BCUT2D eigenvalue weighted by molar-refractivity contribution is -0.132. The molecule has 1 aliphatic heterocycles. The molecule has 6 nitrogen and oxygen atoms in total. The number of nitrogens with one attached hydrogen (secondary N) is 1. The summed E-state index contributed by atoms with van der Waals surface area (Å²) >= 11 is 0. The Morgan fingerprint density at radius 2 is 1.62 bits per heavy atom. The van der Waals surface area contributed by atoms with Crippen molar-refractivity contribution in [2.45, 2.75) is 39.2 Å². The highest BCUT2D eigenvalue weighted by molar-refractivity contribution is 6.51. The van der Waals surface area contributed by atoms with E-state index >= 15 is 0 Å². The van der Waals surface area contributed by atoms with E-state index in [1.165, 1.54) is 4.90 Å². The van der Waals surface area contributed by atoms with Crippen molar-refractivity contribution in [3.63, 3.8) is 0 Å². The predicted molar refractivity (Wildman–Crippen MR) is 155 cm³/mol. The van der Waals surface area contributed by atoms with E-state index in [0.29, 0.717) is 16.6 Å². The molecule has 0 spiro atoms. The lowest BCUT2D eigenvalue weighted by Crippen LogP contribution is -2.30. The summed E-state index contributed by atoms with van der Waals surface area (Å²) in [5.41, 5.74) is 4.78. The molecule has 1 aromatic heterocycles. The molecule has 0 bridgehead atoms. The van der Waals surface area contributed by atoms with Crippen molar-refractivity contribution in [3.05, 3.63) is 113 Å². The largest absolute Gasteiger partial charge is 0.507 e.